The SMILES string of the molecule is CC(C)CC(=O)c1c(-c2cccc(OC(F)(F)F)c2)sc2c1c(=O)n(CCCOPI)c(=O)n2C. The van der Waals surface area contributed by atoms with Gasteiger partial charge in [0.05, 0.1) is 24.0 Å². The van der Waals surface area contributed by atoms with Crippen molar-refractivity contribution in [1.82, 2.24) is 9.13 Å². The van der Waals surface area contributed by atoms with E-state index in [1.807, 2.05) is 13.8 Å². The van der Waals surface area contributed by atoms with Crippen LogP contribution in [0.4, 0.5) is 13.2 Å². The van der Waals surface area contributed by atoms with E-state index >= 15 is 0 Å². The van der Waals surface area contributed by atoms with Crippen LogP contribution in [0.5, 0.6) is 5.75 Å². The molecule has 2 heterocycles. The van der Waals surface area contributed by atoms with Crippen molar-refractivity contribution in [2.75, 3.05) is 6.61 Å². The van der Waals surface area contributed by atoms with E-state index in [0.717, 1.165) is 22.0 Å². The third-order valence-corrected chi connectivity index (χ3v) is 7.62. The van der Waals surface area contributed by atoms with Gasteiger partial charge in [-0.15, -0.1) is 24.5 Å². The summed E-state index contributed by atoms with van der Waals surface area (Å²) in [6.07, 6.45) is -4.32. The Labute approximate surface area is 217 Å². The maximum Gasteiger partial charge on any atom is 0.573 e. The molecule has 3 aromatic rings. The molecule has 190 valence electrons. The third-order valence-electron chi connectivity index (χ3n) is 5.06. The Morgan fingerprint density at radius 2 is 1.97 bits per heavy atom. The molecule has 1 unspecified atom stereocenters. The number of nitrogens with zero attached hydrogens (tertiary/aromatic N) is 2. The number of ether oxygens (including phenoxy) is 1. The summed E-state index contributed by atoms with van der Waals surface area (Å²) in [5.41, 5.74) is -0.737. The van der Waals surface area contributed by atoms with E-state index in [0.29, 0.717) is 17.9 Å². The normalized spacial score (nSPS) is 12.3. The van der Waals surface area contributed by atoms with Gasteiger partial charge in [-0.25, -0.2) is 4.79 Å². The molecule has 0 aliphatic heterocycles. The monoisotopic (exact) mass is 642 g/mol. The first-order valence-corrected chi connectivity index (χ1v) is 15.4. The maximum atomic E-state index is 13.5. The minimum atomic E-state index is -4.88. The van der Waals surface area contributed by atoms with Crippen LogP contribution in [0.25, 0.3) is 20.7 Å². The van der Waals surface area contributed by atoms with Gasteiger partial charge in [0.15, 0.2) is 5.78 Å². The molecule has 0 saturated heterocycles. The average molecular weight is 642 g/mol. The van der Waals surface area contributed by atoms with E-state index in [-0.39, 0.29) is 52.5 Å². The fourth-order valence-corrected chi connectivity index (χ4v) is 5.80. The highest BCUT2D eigenvalue weighted by Gasteiger charge is 2.32. The number of ketones is 1. The number of carbonyl (C=O) groups excluding carboxylic acids is 1. The average Bonchev–Trinajstić information content (AvgIpc) is 3.17. The van der Waals surface area contributed by atoms with Crippen LogP contribution in [-0.4, -0.2) is 27.9 Å². The number of aryl methyl sites for hydroxylation is 1. The second-order valence-electron chi connectivity index (χ2n) is 8.16. The van der Waals surface area contributed by atoms with Crippen LogP contribution >= 0.6 is 39.8 Å². The van der Waals surface area contributed by atoms with Gasteiger partial charge in [-0.2, -0.15) is 0 Å². The lowest BCUT2D eigenvalue weighted by molar-refractivity contribution is -0.274. The van der Waals surface area contributed by atoms with Gasteiger partial charge in [0.2, 0.25) is 0 Å². The van der Waals surface area contributed by atoms with Gasteiger partial charge < -0.3 is 9.26 Å². The molecular formula is C22H23F3IN2O5PS. The predicted octanol–water partition coefficient (Wildman–Crippen LogP) is 5.91. The fraction of sp³-hybridized carbons (Fsp3) is 0.409. The molecule has 0 aliphatic carbocycles. The highest BCUT2D eigenvalue weighted by atomic mass is 127. The smallest absolute Gasteiger partial charge is 0.406 e. The van der Waals surface area contributed by atoms with Gasteiger partial charge in [0, 0.05) is 24.9 Å². The van der Waals surface area contributed by atoms with Crippen LogP contribution in [0.1, 0.15) is 37.0 Å². The van der Waals surface area contributed by atoms with Crippen LogP contribution < -0.4 is 16.0 Å². The van der Waals surface area contributed by atoms with E-state index in [1.54, 1.807) is 6.07 Å². The largest absolute Gasteiger partial charge is 0.573 e. The van der Waals surface area contributed by atoms with Crippen LogP contribution in [0.15, 0.2) is 33.9 Å². The summed E-state index contributed by atoms with van der Waals surface area (Å²) in [6, 6.07) is 5.24. The summed E-state index contributed by atoms with van der Waals surface area (Å²) in [4.78, 5) is 40.3. The van der Waals surface area contributed by atoms with Crippen molar-refractivity contribution >= 4 is 55.8 Å². The molecule has 2 aromatic heterocycles. The van der Waals surface area contributed by atoms with Gasteiger partial charge >= 0.3 is 12.1 Å². The molecule has 0 radical (unpaired) electrons. The quantitative estimate of drug-likeness (QED) is 0.119. The molecule has 13 heteroatoms. The minimum Gasteiger partial charge on any atom is -0.406 e. The lowest BCUT2D eigenvalue weighted by atomic mass is 9.97. The van der Waals surface area contributed by atoms with Gasteiger partial charge in [0.25, 0.3) is 5.56 Å². The fourth-order valence-electron chi connectivity index (χ4n) is 3.65. The first-order valence-electron chi connectivity index (χ1n) is 10.6. The number of carbonyl (C=O) groups is 1. The number of aromatic nitrogens is 2. The van der Waals surface area contributed by atoms with Crippen molar-refractivity contribution in [2.45, 2.75) is 39.6 Å². The van der Waals surface area contributed by atoms with Gasteiger partial charge in [0.1, 0.15) is 10.6 Å². The molecule has 3 rings (SSSR count). The Morgan fingerprint density at radius 1 is 1.26 bits per heavy atom. The zero-order valence-corrected chi connectivity index (χ0v) is 23.0. The molecule has 0 fully saturated rings. The third kappa shape index (κ3) is 6.52. The number of thiophene rings is 1. The van der Waals surface area contributed by atoms with E-state index < -0.39 is 23.4 Å². The lowest BCUT2D eigenvalue weighted by Crippen LogP contribution is -2.39. The van der Waals surface area contributed by atoms with Crippen LogP contribution in [0, 0.1) is 5.92 Å². The second kappa shape index (κ2) is 11.5. The molecule has 35 heavy (non-hydrogen) atoms. The van der Waals surface area contributed by atoms with Crippen molar-refractivity contribution in [1.29, 1.82) is 0 Å². The molecule has 7 nitrogen and oxygen atoms in total. The molecule has 0 aliphatic rings. The summed E-state index contributed by atoms with van der Waals surface area (Å²) in [5.74, 6) is -0.789. The van der Waals surface area contributed by atoms with Crippen LogP contribution in [0.2, 0.25) is 0 Å². The Kier molecular flexibility index (Phi) is 9.16. The van der Waals surface area contributed by atoms with E-state index in [1.165, 1.54) is 23.7 Å². The van der Waals surface area contributed by atoms with E-state index in [2.05, 4.69) is 26.8 Å². The van der Waals surface area contributed by atoms with Gasteiger partial charge in [-0.05, 0) is 52.1 Å². The number of Topliss-reactive ketones (excluding diaryl/α,β-unsaturated/α-hetero) is 1. The van der Waals surface area contributed by atoms with Crippen LogP contribution in [-0.2, 0) is 18.1 Å². The first kappa shape index (κ1) is 27.8. The molecule has 0 bridgehead atoms. The summed E-state index contributed by atoms with van der Waals surface area (Å²) < 4.78 is 50.1. The van der Waals surface area contributed by atoms with E-state index in [4.69, 9.17) is 4.52 Å². The van der Waals surface area contributed by atoms with Gasteiger partial charge in [-0.3, -0.25) is 18.7 Å². The summed E-state index contributed by atoms with van der Waals surface area (Å²) in [6.45, 7) is 4.44. The Hall–Kier alpha value is -1.76. The van der Waals surface area contributed by atoms with E-state index in [9.17, 15) is 27.6 Å². The Morgan fingerprint density at radius 3 is 2.60 bits per heavy atom. The van der Waals surface area contributed by atoms with Crippen molar-refractivity contribution in [2.24, 2.45) is 13.0 Å². The standard InChI is InChI=1S/C22H23F3IN2O5PS/c1-12(2)10-15(29)16-17-19(30)28(8-5-9-32-34-26)21(31)27(3)20(17)35-18(16)13-6-4-7-14(11-13)33-22(23,24)25/h4,6-7,11-12,34H,5,8-10H2,1-3H3. The molecular weight excluding hydrogens is 619 g/mol. The molecule has 1 aromatic carbocycles. The van der Waals surface area contributed by atoms with Crippen molar-refractivity contribution in [3.63, 3.8) is 0 Å². The summed E-state index contributed by atoms with van der Waals surface area (Å²) >= 11 is 3.10. The zero-order valence-electron chi connectivity index (χ0n) is 19.1. The number of rotatable bonds is 10. The topological polar surface area (TPSA) is 79.5 Å². The molecule has 0 spiro atoms. The van der Waals surface area contributed by atoms with Crippen LogP contribution in [0.3, 0.4) is 0 Å². The highest BCUT2D eigenvalue weighted by molar-refractivity contribution is 14.2. The van der Waals surface area contributed by atoms with Gasteiger partial charge in [-0.1, -0.05) is 26.0 Å². The number of benzene rings is 1. The minimum absolute atomic E-state index is 0.0220. The first-order chi connectivity index (χ1) is 16.4. The highest BCUT2D eigenvalue weighted by Crippen LogP contribution is 2.39. The van der Waals surface area contributed by atoms with Crippen molar-refractivity contribution in [3.8, 4) is 16.2 Å². The number of fused-ring (bicyclic) bond motifs is 1. The Bertz CT molecular complexity index is 1350. The summed E-state index contributed by atoms with van der Waals surface area (Å²) in [7, 11) is 1.50. The molecule has 0 amide bonds. The molecule has 0 N–H and O–H groups in total. The van der Waals surface area contributed by atoms with Crippen molar-refractivity contribution < 1.29 is 27.2 Å². The predicted molar refractivity (Wildman–Crippen MR) is 140 cm³/mol. The Balaban J connectivity index is 2.26. The second-order valence-corrected chi connectivity index (χ2v) is 10.9. The zero-order chi connectivity index (χ0) is 25.9. The number of halogens is 4. The molecule has 0 saturated carbocycles. The number of hydrogen-bond donors (Lipinski definition) is 0. The maximum absolute atomic E-state index is 13.5. The molecule has 1 atom stereocenters. The number of hydrogen-bond acceptors (Lipinski definition) is 6. The lowest BCUT2D eigenvalue weighted by Gasteiger charge is -2.11. The number of alkyl halides is 3. The van der Waals surface area contributed by atoms with Crippen molar-refractivity contribution in [3.05, 3.63) is 50.7 Å². The summed E-state index contributed by atoms with van der Waals surface area (Å²) in [5, 5.41) is 0.0941.